The summed E-state index contributed by atoms with van der Waals surface area (Å²) in [6.07, 6.45) is 8.40. The van der Waals surface area contributed by atoms with Crippen LogP contribution in [0.5, 0.6) is 0 Å². The topological polar surface area (TPSA) is 64.3 Å². The van der Waals surface area contributed by atoms with Gasteiger partial charge in [0.1, 0.15) is 6.04 Å². The first-order valence-electron chi connectivity index (χ1n) is 5.12. The summed E-state index contributed by atoms with van der Waals surface area (Å²) in [7, 11) is 1.53. The van der Waals surface area contributed by atoms with Crippen LogP contribution in [0.2, 0.25) is 0 Å². The van der Waals surface area contributed by atoms with Gasteiger partial charge in [-0.15, -0.1) is 0 Å². The molecule has 4 heteroatoms. The molecule has 4 nitrogen and oxygen atoms in total. The molecule has 1 aliphatic rings. The molecule has 0 aliphatic heterocycles. The van der Waals surface area contributed by atoms with E-state index in [9.17, 15) is 4.79 Å². The molecule has 3 N–H and O–H groups in total. The predicted octanol–water partition coefficient (Wildman–Crippen LogP) is 0.353. The van der Waals surface area contributed by atoms with Crippen LogP contribution in [0.3, 0.4) is 0 Å². The van der Waals surface area contributed by atoms with Crippen LogP contribution >= 0.6 is 0 Å². The fourth-order valence-electron chi connectivity index (χ4n) is 1.37. The van der Waals surface area contributed by atoms with Crippen molar-refractivity contribution in [3.05, 3.63) is 23.8 Å². The molecule has 0 heterocycles. The molecule has 0 aromatic heterocycles. The lowest BCUT2D eigenvalue weighted by Crippen LogP contribution is -2.43. The van der Waals surface area contributed by atoms with Gasteiger partial charge in [-0.05, 0) is 18.4 Å². The van der Waals surface area contributed by atoms with Crippen LogP contribution in [0, 0.1) is 0 Å². The van der Waals surface area contributed by atoms with Crippen molar-refractivity contribution in [1.82, 2.24) is 5.32 Å². The molecule has 0 saturated carbocycles. The molecular formula is C11H18N2O2. The molecule has 84 valence electrons. The monoisotopic (exact) mass is 210 g/mol. The van der Waals surface area contributed by atoms with E-state index in [1.807, 2.05) is 6.08 Å². The van der Waals surface area contributed by atoms with Crippen molar-refractivity contribution in [3.8, 4) is 0 Å². The second-order valence-corrected chi connectivity index (χ2v) is 3.54. The molecule has 1 rings (SSSR count). The summed E-state index contributed by atoms with van der Waals surface area (Å²) in [5.74, 6) is -0.170. The van der Waals surface area contributed by atoms with E-state index in [2.05, 4.69) is 17.5 Å². The third kappa shape index (κ3) is 4.27. The van der Waals surface area contributed by atoms with Crippen LogP contribution in [0.4, 0.5) is 0 Å². The molecule has 0 fully saturated rings. The van der Waals surface area contributed by atoms with Crippen molar-refractivity contribution < 1.29 is 9.53 Å². The summed E-state index contributed by atoms with van der Waals surface area (Å²) in [5.41, 5.74) is 6.71. The Labute approximate surface area is 90.2 Å². The highest BCUT2D eigenvalue weighted by Gasteiger charge is 2.12. The lowest BCUT2D eigenvalue weighted by Gasteiger charge is -2.12. The number of hydrogen-bond acceptors (Lipinski definition) is 3. The standard InChI is InChI=1S/C11H18N2O2/c1-15-8-10(12)11(14)13-7-9-5-3-2-4-6-9/h3,5-6,10H,2,4,7-8,12H2,1H3,(H,13,14)/t10-/m1/s1. The van der Waals surface area contributed by atoms with Crippen LogP contribution in [-0.2, 0) is 9.53 Å². The number of hydrogen-bond donors (Lipinski definition) is 2. The normalized spacial score (nSPS) is 17.1. The fourth-order valence-corrected chi connectivity index (χ4v) is 1.37. The van der Waals surface area contributed by atoms with Crippen LogP contribution in [-0.4, -0.2) is 32.2 Å². The second kappa shape index (κ2) is 6.37. The third-order valence-corrected chi connectivity index (χ3v) is 2.22. The molecule has 0 aromatic carbocycles. The Morgan fingerprint density at radius 1 is 1.67 bits per heavy atom. The van der Waals surface area contributed by atoms with E-state index in [0.29, 0.717) is 6.54 Å². The Morgan fingerprint density at radius 2 is 2.47 bits per heavy atom. The molecule has 15 heavy (non-hydrogen) atoms. The maximum Gasteiger partial charge on any atom is 0.239 e. The van der Waals surface area contributed by atoms with Crippen molar-refractivity contribution in [3.63, 3.8) is 0 Å². The molecule has 0 spiro atoms. The highest BCUT2D eigenvalue weighted by molar-refractivity contribution is 5.81. The highest BCUT2D eigenvalue weighted by atomic mass is 16.5. The minimum absolute atomic E-state index is 0.170. The van der Waals surface area contributed by atoms with E-state index in [0.717, 1.165) is 18.4 Å². The van der Waals surface area contributed by atoms with Gasteiger partial charge in [0.15, 0.2) is 0 Å². The van der Waals surface area contributed by atoms with Crippen LogP contribution in [0.1, 0.15) is 12.8 Å². The first kappa shape index (κ1) is 11.9. The minimum atomic E-state index is -0.580. The molecular weight excluding hydrogens is 192 g/mol. The first-order chi connectivity index (χ1) is 7.24. The number of amides is 1. The molecule has 0 aromatic rings. The van der Waals surface area contributed by atoms with E-state index < -0.39 is 6.04 Å². The summed E-state index contributed by atoms with van der Waals surface area (Å²) in [4.78, 5) is 11.4. The molecule has 0 radical (unpaired) electrons. The Bertz CT molecular complexity index is 272. The zero-order valence-corrected chi connectivity index (χ0v) is 9.03. The van der Waals surface area contributed by atoms with E-state index in [1.54, 1.807) is 0 Å². The van der Waals surface area contributed by atoms with Crippen LogP contribution < -0.4 is 11.1 Å². The summed E-state index contributed by atoms with van der Waals surface area (Å²) in [6.45, 7) is 0.799. The van der Waals surface area contributed by atoms with Crippen molar-refractivity contribution in [2.45, 2.75) is 18.9 Å². The van der Waals surface area contributed by atoms with Crippen molar-refractivity contribution in [2.24, 2.45) is 5.73 Å². The zero-order chi connectivity index (χ0) is 11.1. The van der Waals surface area contributed by atoms with E-state index in [-0.39, 0.29) is 12.5 Å². The number of ether oxygens (including phenoxy) is 1. The lowest BCUT2D eigenvalue weighted by atomic mass is 10.1. The summed E-state index contributed by atoms with van der Waals surface area (Å²) in [6, 6.07) is -0.580. The maximum atomic E-state index is 11.4. The van der Waals surface area contributed by atoms with E-state index in [1.165, 1.54) is 7.11 Å². The Balaban J connectivity index is 2.27. The van der Waals surface area contributed by atoms with Gasteiger partial charge in [-0.3, -0.25) is 4.79 Å². The van der Waals surface area contributed by atoms with E-state index >= 15 is 0 Å². The van der Waals surface area contributed by atoms with E-state index in [4.69, 9.17) is 10.5 Å². The highest BCUT2D eigenvalue weighted by Crippen LogP contribution is 2.08. The average Bonchev–Trinajstić information content (AvgIpc) is 2.27. The molecule has 1 aliphatic carbocycles. The number of rotatable bonds is 5. The predicted molar refractivity (Wildman–Crippen MR) is 59.3 cm³/mol. The van der Waals surface area contributed by atoms with Crippen LogP contribution in [0.25, 0.3) is 0 Å². The van der Waals surface area contributed by atoms with Gasteiger partial charge in [-0.2, -0.15) is 0 Å². The number of methoxy groups -OCH3 is 1. The number of nitrogens with two attached hydrogens (primary N) is 1. The Morgan fingerprint density at radius 3 is 3.07 bits per heavy atom. The molecule has 0 unspecified atom stereocenters. The maximum absolute atomic E-state index is 11.4. The largest absolute Gasteiger partial charge is 0.383 e. The number of allylic oxidation sites excluding steroid dienone is 2. The SMILES string of the molecule is COC[C@@H](N)C(=O)NCC1=CCCC=C1. The first-order valence-corrected chi connectivity index (χ1v) is 5.12. The van der Waals surface area contributed by atoms with Gasteiger partial charge in [0.2, 0.25) is 5.91 Å². The van der Waals surface area contributed by atoms with Crippen molar-refractivity contribution >= 4 is 5.91 Å². The fraction of sp³-hybridized carbons (Fsp3) is 0.545. The second-order valence-electron chi connectivity index (χ2n) is 3.54. The third-order valence-electron chi connectivity index (χ3n) is 2.22. The Kier molecular flexibility index (Phi) is 5.07. The molecule has 0 bridgehead atoms. The summed E-state index contributed by atoms with van der Waals surface area (Å²) >= 11 is 0. The van der Waals surface area contributed by atoms with Gasteiger partial charge in [-0.1, -0.05) is 18.2 Å². The van der Waals surface area contributed by atoms with Crippen molar-refractivity contribution in [2.75, 3.05) is 20.3 Å². The number of carbonyl (C=O) groups excluding carboxylic acids is 1. The minimum Gasteiger partial charge on any atom is -0.383 e. The van der Waals surface area contributed by atoms with Crippen LogP contribution in [0.15, 0.2) is 23.8 Å². The summed E-state index contributed by atoms with van der Waals surface area (Å²) in [5, 5.41) is 2.77. The quantitative estimate of drug-likeness (QED) is 0.688. The zero-order valence-electron chi connectivity index (χ0n) is 9.03. The average molecular weight is 210 g/mol. The molecule has 1 atom stereocenters. The van der Waals surface area contributed by atoms with Gasteiger partial charge in [-0.25, -0.2) is 0 Å². The number of nitrogens with one attached hydrogen (secondary N) is 1. The van der Waals surface area contributed by atoms with Gasteiger partial charge < -0.3 is 15.8 Å². The van der Waals surface area contributed by atoms with Gasteiger partial charge in [0.05, 0.1) is 6.61 Å². The van der Waals surface area contributed by atoms with Crippen molar-refractivity contribution in [1.29, 1.82) is 0 Å². The molecule has 0 saturated heterocycles. The Hall–Kier alpha value is -1.13. The van der Waals surface area contributed by atoms with Gasteiger partial charge in [0.25, 0.3) is 0 Å². The smallest absolute Gasteiger partial charge is 0.239 e. The van der Waals surface area contributed by atoms with Gasteiger partial charge in [0, 0.05) is 13.7 Å². The lowest BCUT2D eigenvalue weighted by molar-refractivity contribution is -0.123. The molecule has 1 amide bonds. The summed E-state index contributed by atoms with van der Waals surface area (Å²) < 4.78 is 4.80. The number of carbonyl (C=O) groups is 1. The van der Waals surface area contributed by atoms with Gasteiger partial charge >= 0.3 is 0 Å².